The molecule has 0 saturated carbocycles. The van der Waals surface area contributed by atoms with Crippen LogP contribution in [-0.2, 0) is 20.7 Å². The number of halogens is 3. The number of nitrogens with zero attached hydrogens (tertiary/aromatic N) is 3. The van der Waals surface area contributed by atoms with E-state index >= 15 is 0 Å². The second-order valence-electron chi connectivity index (χ2n) is 12.0. The van der Waals surface area contributed by atoms with Crippen LogP contribution in [-0.4, -0.2) is 52.7 Å². The van der Waals surface area contributed by atoms with Crippen LogP contribution in [0.15, 0.2) is 36.5 Å². The Morgan fingerprint density at radius 2 is 1.72 bits per heavy atom. The Labute approximate surface area is 275 Å². The number of esters is 1. The number of ether oxygens (including phenoxy) is 2. The molecule has 2 aliphatic rings. The van der Waals surface area contributed by atoms with Gasteiger partial charge in [0.15, 0.2) is 0 Å². The first-order valence-corrected chi connectivity index (χ1v) is 15.7. The second-order valence-corrected chi connectivity index (χ2v) is 12.0. The van der Waals surface area contributed by atoms with E-state index in [0.717, 1.165) is 42.3 Å². The summed E-state index contributed by atoms with van der Waals surface area (Å²) >= 11 is 0. The monoisotopic (exact) mass is 659 g/mol. The summed E-state index contributed by atoms with van der Waals surface area (Å²) in [5, 5.41) is 5.71. The maximum Gasteiger partial charge on any atom is 0.407 e. The first-order valence-electron chi connectivity index (χ1n) is 15.7. The third-order valence-corrected chi connectivity index (χ3v) is 7.44. The Hall–Kier alpha value is -4.68. The summed E-state index contributed by atoms with van der Waals surface area (Å²) < 4.78 is 54.5. The molecule has 3 heterocycles. The Morgan fingerprint density at radius 1 is 1.02 bits per heavy atom. The van der Waals surface area contributed by atoms with Gasteiger partial charge >= 0.3 is 12.1 Å². The summed E-state index contributed by atoms with van der Waals surface area (Å²) in [6.07, 6.45) is 2.77. The van der Waals surface area contributed by atoms with Gasteiger partial charge in [-0.15, -0.1) is 0 Å². The van der Waals surface area contributed by atoms with Crippen molar-refractivity contribution in [3.8, 4) is 11.3 Å². The molecule has 1 aliphatic heterocycles. The van der Waals surface area contributed by atoms with Gasteiger partial charge in [0, 0.05) is 34.5 Å². The number of aromatic nitrogens is 2. The molecule has 1 saturated heterocycles. The number of hydrogen-bond acceptors (Lipinski definition) is 8. The van der Waals surface area contributed by atoms with Crippen molar-refractivity contribution >= 4 is 29.3 Å². The molecule has 5 rings (SSSR count). The third kappa shape index (κ3) is 8.38. The standard InChI is InChI=1S/C32H34F3N5O5.C2H6.2H2/c1-17(41)44-25-13-10-19-27(25)36-15-24(29(19)40-14-6-7-18(16-40)37-31(43)45-32(2,3)4)39-30(42)23-12-11-22(35)28(38-23)26-20(33)8-5-9-21(26)34;1-2;;/h5,8-9,11-12,15,18,25H,6-7,10,13-14,16H2,1-4H3,(H,37,43)(H,39,42);1-2H3;2*1H. The minimum Gasteiger partial charge on any atom is -0.456 e. The number of anilines is 2. The van der Waals surface area contributed by atoms with Crippen molar-refractivity contribution in [2.75, 3.05) is 23.3 Å². The van der Waals surface area contributed by atoms with Crippen LogP contribution < -0.4 is 15.5 Å². The molecule has 2 aromatic heterocycles. The Balaban J connectivity index is 0.00000205. The number of pyridine rings is 2. The summed E-state index contributed by atoms with van der Waals surface area (Å²) in [7, 11) is 0. The summed E-state index contributed by atoms with van der Waals surface area (Å²) in [4.78, 5) is 48.3. The average molecular weight is 660 g/mol. The zero-order valence-electron chi connectivity index (χ0n) is 27.4. The van der Waals surface area contributed by atoms with Gasteiger partial charge in [0.05, 0.1) is 28.8 Å². The molecule has 0 spiro atoms. The molecule has 256 valence electrons. The number of piperidine rings is 1. The van der Waals surface area contributed by atoms with Gasteiger partial charge in [0.2, 0.25) is 0 Å². The van der Waals surface area contributed by atoms with Crippen LogP contribution in [0.5, 0.6) is 0 Å². The molecule has 1 aromatic carbocycles. The molecule has 0 radical (unpaired) electrons. The lowest BCUT2D eigenvalue weighted by molar-refractivity contribution is -0.146. The third-order valence-electron chi connectivity index (χ3n) is 7.44. The minimum absolute atomic E-state index is 0. The highest BCUT2D eigenvalue weighted by Crippen LogP contribution is 2.43. The van der Waals surface area contributed by atoms with E-state index in [0.29, 0.717) is 49.4 Å². The molecule has 47 heavy (non-hydrogen) atoms. The smallest absolute Gasteiger partial charge is 0.407 e. The fraction of sp³-hybridized carbons (Fsp3) is 0.441. The van der Waals surface area contributed by atoms with Crippen molar-refractivity contribution in [1.82, 2.24) is 15.3 Å². The highest BCUT2D eigenvalue weighted by Gasteiger charge is 2.34. The van der Waals surface area contributed by atoms with E-state index in [-0.39, 0.29) is 14.6 Å². The first-order chi connectivity index (χ1) is 22.3. The number of fused-ring (bicyclic) bond motifs is 1. The molecule has 3 aromatic rings. The normalized spacial score (nSPS) is 17.2. The van der Waals surface area contributed by atoms with Gasteiger partial charge in [0.1, 0.15) is 40.5 Å². The van der Waals surface area contributed by atoms with E-state index in [2.05, 4.69) is 20.6 Å². The maximum absolute atomic E-state index is 14.7. The summed E-state index contributed by atoms with van der Waals surface area (Å²) in [5.41, 5.74) is 0.0304. The number of hydrogen-bond donors (Lipinski definition) is 2. The van der Waals surface area contributed by atoms with Gasteiger partial charge in [-0.1, -0.05) is 19.9 Å². The van der Waals surface area contributed by atoms with Crippen molar-refractivity contribution in [2.24, 2.45) is 0 Å². The van der Waals surface area contributed by atoms with Crippen LogP contribution in [0.4, 0.5) is 29.3 Å². The average Bonchev–Trinajstić information content (AvgIpc) is 3.39. The highest BCUT2D eigenvalue weighted by atomic mass is 19.1. The Morgan fingerprint density at radius 3 is 2.38 bits per heavy atom. The van der Waals surface area contributed by atoms with Crippen molar-refractivity contribution in [2.45, 2.75) is 85.0 Å². The predicted molar refractivity (Wildman–Crippen MR) is 175 cm³/mol. The lowest BCUT2D eigenvalue weighted by Crippen LogP contribution is -2.49. The molecular formula is C34H44F3N5O5. The van der Waals surface area contributed by atoms with Gasteiger partial charge in [0.25, 0.3) is 5.91 Å². The van der Waals surface area contributed by atoms with Gasteiger partial charge in [-0.3, -0.25) is 14.6 Å². The molecule has 1 aliphatic carbocycles. The largest absolute Gasteiger partial charge is 0.456 e. The molecule has 1 fully saturated rings. The summed E-state index contributed by atoms with van der Waals surface area (Å²) in [5.74, 6) is -4.25. The van der Waals surface area contributed by atoms with Crippen molar-refractivity contribution < 1.29 is 39.9 Å². The summed E-state index contributed by atoms with van der Waals surface area (Å²) in [6, 6.07) is 4.87. The number of rotatable bonds is 6. The molecule has 0 bridgehead atoms. The molecule has 2 N–H and O–H groups in total. The van der Waals surface area contributed by atoms with Gasteiger partial charge in [-0.05, 0) is 70.7 Å². The maximum atomic E-state index is 14.7. The molecule has 2 unspecified atom stereocenters. The van der Waals surface area contributed by atoms with E-state index in [1.807, 2.05) is 18.7 Å². The van der Waals surface area contributed by atoms with Crippen molar-refractivity contribution in [3.63, 3.8) is 0 Å². The quantitative estimate of drug-likeness (QED) is 0.263. The minimum atomic E-state index is -1.02. The number of carbonyl (C=O) groups excluding carboxylic acids is 3. The van der Waals surface area contributed by atoms with Crippen LogP contribution in [0.2, 0.25) is 0 Å². The van der Waals surface area contributed by atoms with E-state index in [4.69, 9.17) is 9.47 Å². The van der Waals surface area contributed by atoms with E-state index in [9.17, 15) is 27.6 Å². The van der Waals surface area contributed by atoms with Crippen LogP contribution in [0, 0.1) is 17.5 Å². The number of amides is 2. The molecule has 13 heteroatoms. The molecule has 2 amide bonds. The van der Waals surface area contributed by atoms with Crippen LogP contribution in [0.25, 0.3) is 11.3 Å². The SMILES string of the molecule is CC.CC(=O)OC1CCc2c1ncc(NC(=O)c1ccc(F)c(-c3c(F)cccc3F)n1)c2N1CCCC(NC(=O)OC(C)(C)C)C1.[HH].[HH]. The molecule has 10 nitrogen and oxygen atoms in total. The second kappa shape index (κ2) is 14.8. The zero-order valence-corrected chi connectivity index (χ0v) is 27.4. The van der Waals surface area contributed by atoms with Gasteiger partial charge < -0.3 is 25.0 Å². The Kier molecular flexibility index (Phi) is 11.1. The topological polar surface area (TPSA) is 123 Å². The first kappa shape index (κ1) is 35.2. The van der Waals surface area contributed by atoms with Gasteiger partial charge in [-0.25, -0.2) is 22.9 Å². The fourth-order valence-corrected chi connectivity index (χ4v) is 5.69. The van der Waals surface area contributed by atoms with Crippen LogP contribution in [0.1, 0.15) is 91.5 Å². The zero-order chi connectivity index (χ0) is 34.5. The lowest BCUT2D eigenvalue weighted by atomic mass is 10.0. The van der Waals surface area contributed by atoms with Crippen LogP contribution >= 0.6 is 0 Å². The van der Waals surface area contributed by atoms with Crippen molar-refractivity contribution in [1.29, 1.82) is 0 Å². The number of benzene rings is 1. The molecule has 2 atom stereocenters. The van der Waals surface area contributed by atoms with E-state index < -0.39 is 58.4 Å². The lowest BCUT2D eigenvalue weighted by Gasteiger charge is -2.37. The number of carbonyl (C=O) groups is 3. The van der Waals surface area contributed by atoms with E-state index in [1.165, 1.54) is 13.1 Å². The number of alkyl carbamates (subject to hydrolysis) is 1. The Bertz CT molecular complexity index is 1640. The van der Waals surface area contributed by atoms with E-state index in [1.54, 1.807) is 20.8 Å². The molecular weight excluding hydrogens is 615 g/mol. The van der Waals surface area contributed by atoms with Crippen LogP contribution in [0.3, 0.4) is 0 Å². The summed E-state index contributed by atoms with van der Waals surface area (Å²) in [6.45, 7) is 11.6. The van der Waals surface area contributed by atoms with Crippen molar-refractivity contribution in [3.05, 3.63) is 70.9 Å². The highest BCUT2D eigenvalue weighted by molar-refractivity contribution is 6.05. The van der Waals surface area contributed by atoms with Gasteiger partial charge in [-0.2, -0.15) is 0 Å². The predicted octanol–water partition coefficient (Wildman–Crippen LogP) is 7.38. The fourth-order valence-electron chi connectivity index (χ4n) is 5.69. The number of nitrogens with one attached hydrogen (secondary N) is 2.